The van der Waals surface area contributed by atoms with E-state index in [0.29, 0.717) is 25.7 Å². The lowest BCUT2D eigenvalue weighted by Gasteiger charge is -2.34. The van der Waals surface area contributed by atoms with Gasteiger partial charge in [0, 0.05) is 36.7 Å². The molecule has 0 radical (unpaired) electrons. The van der Waals surface area contributed by atoms with Gasteiger partial charge in [0.05, 0.1) is 15.2 Å². The lowest BCUT2D eigenvalue weighted by atomic mass is 10.3. The topological polar surface area (TPSA) is 52.7 Å². The molecule has 1 aliphatic heterocycles. The Kier molecular flexibility index (Phi) is 5.21. The third-order valence-corrected chi connectivity index (χ3v) is 7.07. The van der Waals surface area contributed by atoms with E-state index in [0.717, 1.165) is 39.1 Å². The Bertz CT molecular complexity index is 561. The van der Waals surface area contributed by atoms with Crippen LogP contribution in [0.4, 0.5) is 0 Å². The van der Waals surface area contributed by atoms with Crippen LogP contribution in [0.15, 0.2) is 14.3 Å². The highest BCUT2D eigenvalue weighted by Gasteiger charge is 2.27. The van der Waals surface area contributed by atoms with E-state index in [9.17, 15) is 9.59 Å². The molecule has 120 valence electrons. The zero-order chi connectivity index (χ0) is 15.7. The van der Waals surface area contributed by atoms with Gasteiger partial charge < -0.3 is 10.2 Å². The van der Waals surface area contributed by atoms with Crippen LogP contribution < -0.4 is 5.32 Å². The monoisotopic (exact) mass is 449 g/mol. The van der Waals surface area contributed by atoms with Gasteiger partial charge in [0.15, 0.2) is 0 Å². The normalized spacial score (nSPS) is 19.3. The second kappa shape index (κ2) is 6.98. The summed E-state index contributed by atoms with van der Waals surface area (Å²) in [6.45, 7) is 3.27. The Balaban J connectivity index is 1.48. The number of halogens is 2. The lowest BCUT2D eigenvalue weighted by molar-refractivity contribution is -0.122. The van der Waals surface area contributed by atoms with E-state index >= 15 is 0 Å². The van der Waals surface area contributed by atoms with Crippen molar-refractivity contribution >= 4 is 55.0 Å². The minimum Gasteiger partial charge on any atom is -0.352 e. The van der Waals surface area contributed by atoms with Crippen LogP contribution in [0.25, 0.3) is 0 Å². The molecule has 0 atom stereocenters. The molecular formula is C14H17Br2N3O2S. The molecule has 2 fully saturated rings. The molecular weight excluding hydrogens is 434 g/mol. The van der Waals surface area contributed by atoms with Crippen LogP contribution in [0, 0.1) is 0 Å². The number of carbonyl (C=O) groups excluding carboxylic acids is 2. The van der Waals surface area contributed by atoms with Gasteiger partial charge in [0.25, 0.3) is 5.91 Å². The Hall–Kier alpha value is -0.440. The summed E-state index contributed by atoms with van der Waals surface area (Å²) in [4.78, 5) is 29.0. The van der Waals surface area contributed by atoms with Crippen LogP contribution >= 0.6 is 43.2 Å². The molecule has 1 aromatic heterocycles. The van der Waals surface area contributed by atoms with Gasteiger partial charge in [-0.2, -0.15) is 0 Å². The summed E-state index contributed by atoms with van der Waals surface area (Å²) in [5, 5.41) is 3.00. The highest BCUT2D eigenvalue weighted by atomic mass is 79.9. The maximum atomic E-state index is 12.4. The Morgan fingerprint density at radius 1 is 1.23 bits per heavy atom. The van der Waals surface area contributed by atoms with Crippen LogP contribution in [-0.2, 0) is 4.79 Å². The number of carbonyl (C=O) groups is 2. The third kappa shape index (κ3) is 4.10. The van der Waals surface area contributed by atoms with Gasteiger partial charge >= 0.3 is 0 Å². The smallest absolute Gasteiger partial charge is 0.264 e. The van der Waals surface area contributed by atoms with Crippen LogP contribution in [0.5, 0.6) is 0 Å². The molecule has 3 rings (SSSR count). The van der Waals surface area contributed by atoms with Crippen molar-refractivity contribution in [3.63, 3.8) is 0 Å². The molecule has 8 heteroatoms. The van der Waals surface area contributed by atoms with Crippen molar-refractivity contribution in [2.24, 2.45) is 0 Å². The van der Waals surface area contributed by atoms with Crippen molar-refractivity contribution in [3.05, 3.63) is 19.2 Å². The molecule has 0 aromatic carbocycles. The number of hydrogen-bond donors (Lipinski definition) is 1. The van der Waals surface area contributed by atoms with Gasteiger partial charge in [0.2, 0.25) is 5.91 Å². The fourth-order valence-corrected chi connectivity index (χ4v) is 4.42. The zero-order valence-corrected chi connectivity index (χ0v) is 16.0. The Labute approximate surface area is 150 Å². The number of hydrogen-bond acceptors (Lipinski definition) is 4. The number of piperazine rings is 1. The molecule has 0 bridgehead atoms. The van der Waals surface area contributed by atoms with E-state index in [1.807, 2.05) is 11.0 Å². The first-order chi connectivity index (χ1) is 10.5. The summed E-state index contributed by atoms with van der Waals surface area (Å²) >= 11 is 8.27. The fourth-order valence-electron chi connectivity index (χ4n) is 2.42. The lowest BCUT2D eigenvalue weighted by Crippen LogP contribution is -2.51. The molecule has 2 amide bonds. The largest absolute Gasteiger partial charge is 0.352 e. The summed E-state index contributed by atoms with van der Waals surface area (Å²) in [5.74, 6) is 0.173. The minimum absolute atomic E-state index is 0.0680. The predicted octanol–water partition coefficient (Wildman–Crippen LogP) is 2.31. The molecule has 1 saturated heterocycles. The second-order valence-electron chi connectivity index (χ2n) is 5.64. The highest BCUT2D eigenvalue weighted by Crippen LogP contribution is 2.33. The van der Waals surface area contributed by atoms with E-state index < -0.39 is 0 Å². The summed E-state index contributed by atoms with van der Waals surface area (Å²) in [6.07, 6.45) is 2.22. The van der Waals surface area contributed by atoms with Crippen molar-refractivity contribution < 1.29 is 9.59 Å². The van der Waals surface area contributed by atoms with Crippen LogP contribution in [0.2, 0.25) is 0 Å². The third-order valence-electron chi connectivity index (χ3n) is 3.83. The first-order valence-electron chi connectivity index (χ1n) is 7.29. The van der Waals surface area contributed by atoms with E-state index in [2.05, 4.69) is 42.1 Å². The van der Waals surface area contributed by atoms with Crippen LogP contribution in [-0.4, -0.2) is 60.4 Å². The van der Waals surface area contributed by atoms with Crippen LogP contribution in [0.3, 0.4) is 0 Å². The maximum Gasteiger partial charge on any atom is 0.264 e. The quantitative estimate of drug-likeness (QED) is 0.765. The summed E-state index contributed by atoms with van der Waals surface area (Å²) in [5.41, 5.74) is 0. The van der Waals surface area contributed by atoms with E-state index in [1.54, 1.807) is 0 Å². The average molecular weight is 451 g/mol. The van der Waals surface area contributed by atoms with E-state index in [-0.39, 0.29) is 11.8 Å². The molecule has 22 heavy (non-hydrogen) atoms. The molecule has 5 nitrogen and oxygen atoms in total. The van der Waals surface area contributed by atoms with E-state index in [1.165, 1.54) is 11.3 Å². The number of amides is 2. The van der Waals surface area contributed by atoms with Crippen molar-refractivity contribution in [3.8, 4) is 0 Å². The van der Waals surface area contributed by atoms with Gasteiger partial charge in [-0.05, 0) is 50.8 Å². The van der Waals surface area contributed by atoms with Gasteiger partial charge in [-0.3, -0.25) is 14.5 Å². The maximum absolute atomic E-state index is 12.4. The number of rotatable bonds is 4. The van der Waals surface area contributed by atoms with Gasteiger partial charge in [-0.25, -0.2) is 0 Å². The molecule has 1 saturated carbocycles. The molecule has 2 heterocycles. The molecule has 1 aromatic rings. The molecule has 1 aliphatic carbocycles. The average Bonchev–Trinajstić information content (AvgIpc) is 3.23. The summed E-state index contributed by atoms with van der Waals surface area (Å²) in [6, 6.07) is 2.26. The SMILES string of the molecule is O=C(CN1CCN(C(=O)c2cc(Br)c(Br)s2)CC1)NC1CC1. The van der Waals surface area contributed by atoms with Crippen molar-refractivity contribution in [1.82, 2.24) is 15.1 Å². The summed E-state index contributed by atoms with van der Waals surface area (Å²) < 4.78 is 1.85. The van der Waals surface area contributed by atoms with Crippen molar-refractivity contribution in [2.75, 3.05) is 32.7 Å². The first kappa shape index (κ1) is 16.4. The number of thiophene rings is 1. The van der Waals surface area contributed by atoms with Crippen LogP contribution in [0.1, 0.15) is 22.5 Å². The number of nitrogens with one attached hydrogen (secondary N) is 1. The molecule has 1 N–H and O–H groups in total. The van der Waals surface area contributed by atoms with Gasteiger partial charge in [0.1, 0.15) is 0 Å². The summed E-state index contributed by atoms with van der Waals surface area (Å²) in [7, 11) is 0. The van der Waals surface area contributed by atoms with Crippen molar-refractivity contribution in [2.45, 2.75) is 18.9 Å². The number of nitrogens with zero attached hydrogens (tertiary/aromatic N) is 2. The standard InChI is InChI=1S/C14H17Br2N3O2S/c15-10-7-11(22-13(10)16)14(21)19-5-3-18(4-6-19)8-12(20)17-9-1-2-9/h7,9H,1-6,8H2,(H,17,20). The Morgan fingerprint density at radius 3 is 2.45 bits per heavy atom. The minimum atomic E-state index is 0.0680. The zero-order valence-electron chi connectivity index (χ0n) is 12.0. The second-order valence-corrected chi connectivity index (χ2v) is 8.87. The predicted molar refractivity (Wildman–Crippen MR) is 93.2 cm³/mol. The molecule has 0 unspecified atom stereocenters. The van der Waals surface area contributed by atoms with E-state index in [4.69, 9.17) is 0 Å². The Morgan fingerprint density at radius 2 is 1.91 bits per heavy atom. The molecule has 0 spiro atoms. The van der Waals surface area contributed by atoms with Gasteiger partial charge in [-0.1, -0.05) is 0 Å². The first-order valence-corrected chi connectivity index (χ1v) is 9.69. The van der Waals surface area contributed by atoms with Gasteiger partial charge in [-0.15, -0.1) is 11.3 Å². The fraction of sp³-hybridized carbons (Fsp3) is 0.571. The molecule has 2 aliphatic rings. The van der Waals surface area contributed by atoms with Crippen molar-refractivity contribution in [1.29, 1.82) is 0 Å². The highest BCUT2D eigenvalue weighted by molar-refractivity contribution is 9.13.